The molecule has 254 valence electrons. The monoisotopic (exact) mass is 689 g/mol. The molecule has 8 aromatic carbocycles. The third-order valence-electron chi connectivity index (χ3n) is 9.79. The predicted molar refractivity (Wildman–Crippen MR) is 223 cm³/mol. The van der Waals surface area contributed by atoms with Crippen molar-refractivity contribution < 1.29 is 0 Å². The molecule has 1 heterocycles. The van der Waals surface area contributed by atoms with Crippen molar-refractivity contribution in [1.29, 1.82) is 0 Å². The summed E-state index contributed by atoms with van der Waals surface area (Å²) in [7, 11) is 0. The van der Waals surface area contributed by atoms with E-state index in [9.17, 15) is 0 Å². The molecule has 54 heavy (non-hydrogen) atoms. The summed E-state index contributed by atoms with van der Waals surface area (Å²) in [4.78, 5) is 15.9. The molecule has 0 N–H and O–H groups in total. The van der Waals surface area contributed by atoms with Crippen molar-refractivity contribution in [3.05, 3.63) is 212 Å². The molecule has 1 aromatic heterocycles. The van der Waals surface area contributed by atoms with Crippen molar-refractivity contribution in [2.24, 2.45) is 0 Å². The van der Waals surface area contributed by atoms with E-state index in [4.69, 9.17) is 15.0 Å². The van der Waals surface area contributed by atoms with Gasteiger partial charge < -0.3 is 0 Å². The van der Waals surface area contributed by atoms with Gasteiger partial charge in [0.15, 0.2) is 17.5 Å². The molecule has 0 atom stereocenters. The Morgan fingerprint density at radius 3 is 1.22 bits per heavy atom. The zero-order valence-electron chi connectivity index (χ0n) is 29.5. The van der Waals surface area contributed by atoms with Crippen LogP contribution in [-0.2, 0) is 0 Å². The van der Waals surface area contributed by atoms with Crippen LogP contribution < -0.4 is 0 Å². The van der Waals surface area contributed by atoms with Crippen molar-refractivity contribution in [3.63, 3.8) is 0 Å². The van der Waals surface area contributed by atoms with Gasteiger partial charge in [0.1, 0.15) is 0 Å². The Hall–Kier alpha value is -7.23. The zero-order valence-corrected chi connectivity index (χ0v) is 29.5. The summed E-state index contributed by atoms with van der Waals surface area (Å²) in [6, 6.07) is 74.0. The Morgan fingerprint density at radius 2 is 0.574 bits per heavy atom. The normalized spacial score (nSPS) is 11.0. The summed E-state index contributed by atoms with van der Waals surface area (Å²) in [5.41, 5.74) is 14.0. The van der Waals surface area contributed by atoms with E-state index in [0.29, 0.717) is 17.5 Å². The standard InChI is InChI=1S/C51H35N3/c1-5-17-36(18-6-1)38-31-33-40(34-32-38)44-27-13-14-28-46(44)50-52-49(43-26-15-25-42(35-43)37-19-7-2-8-20-37)53-51(54-50)47-30-16-29-45(39-21-9-3-10-22-39)48(47)41-23-11-4-12-24-41/h1-35H. The van der Waals surface area contributed by atoms with Crippen LogP contribution in [0.1, 0.15) is 0 Å². The van der Waals surface area contributed by atoms with E-state index in [1.807, 2.05) is 12.1 Å². The van der Waals surface area contributed by atoms with Gasteiger partial charge in [-0.05, 0) is 56.1 Å². The summed E-state index contributed by atoms with van der Waals surface area (Å²) in [5.74, 6) is 1.85. The molecule has 0 fully saturated rings. The first kappa shape index (κ1) is 32.7. The number of benzene rings is 8. The van der Waals surface area contributed by atoms with Gasteiger partial charge in [-0.3, -0.25) is 0 Å². The summed E-state index contributed by atoms with van der Waals surface area (Å²) in [5, 5.41) is 0. The fourth-order valence-corrected chi connectivity index (χ4v) is 7.13. The van der Waals surface area contributed by atoms with Gasteiger partial charge in [0.05, 0.1) is 0 Å². The van der Waals surface area contributed by atoms with Gasteiger partial charge in [0.2, 0.25) is 0 Å². The number of rotatable bonds is 8. The lowest BCUT2D eigenvalue weighted by atomic mass is 9.90. The molecule has 0 spiro atoms. The van der Waals surface area contributed by atoms with E-state index in [1.165, 1.54) is 11.1 Å². The van der Waals surface area contributed by atoms with Gasteiger partial charge in [-0.2, -0.15) is 0 Å². The predicted octanol–water partition coefficient (Wildman–Crippen LogP) is 13.2. The van der Waals surface area contributed by atoms with Crippen LogP contribution in [0.5, 0.6) is 0 Å². The van der Waals surface area contributed by atoms with E-state index in [1.54, 1.807) is 0 Å². The highest BCUT2D eigenvalue weighted by Gasteiger charge is 2.20. The first-order chi connectivity index (χ1) is 26.8. The molecule has 0 saturated carbocycles. The highest BCUT2D eigenvalue weighted by Crippen LogP contribution is 2.41. The molecule has 0 amide bonds. The molecular weight excluding hydrogens is 655 g/mol. The highest BCUT2D eigenvalue weighted by molar-refractivity contribution is 5.94. The number of nitrogens with zero attached hydrogens (tertiary/aromatic N) is 3. The SMILES string of the molecule is c1ccc(-c2ccc(-c3ccccc3-c3nc(-c4cccc(-c5ccccc5)c4)nc(-c4cccc(-c5ccccc5)c4-c4ccccc4)n3)cc2)cc1. The maximum absolute atomic E-state index is 5.33. The Balaban J connectivity index is 1.26. The third kappa shape index (κ3) is 6.63. The van der Waals surface area contributed by atoms with Gasteiger partial charge in [-0.1, -0.05) is 206 Å². The minimum Gasteiger partial charge on any atom is -0.208 e. The first-order valence-electron chi connectivity index (χ1n) is 18.2. The average Bonchev–Trinajstić information content (AvgIpc) is 3.27. The van der Waals surface area contributed by atoms with Crippen molar-refractivity contribution in [1.82, 2.24) is 15.0 Å². The molecule has 0 aliphatic heterocycles. The van der Waals surface area contributed by atoms with Crippen LogP contribution in [0, 0.1) is 0 Å². The topological polar surface area (TPSA) is 38.7 Å². The van der Waals surface area contributed by atoms with Gasteiger partial charge >= 0.3 is 0 Å². The Bertz CT molecular complexity index is 2670. The Morgan fingerprint density at radius 1 is 0.204 bits per heavy atom. The van der Waals surface area contributed by atoms with Crippen LogP contribution in [0.25, 0.3) is 89.8 Å². The van der Waals surface area contributed by atoms with Crippen LogP contribution in [0.15, 0.2) is 212 Å². The lowest BCUT2D eigenvalue weighted by Crippen LogP contribution is -2.02. The number of hydrogen-bond donors (Lipinski definition) is 0. The fourth-order valence-electron chi connectivity index (χ4n) is 7.13. The van der Waals surface area contributed by atoms with Gasteiger partial charge in [0.25, 0.3) is 0 Å². The minimum absolute atomic E-state index is 0.617. The smallest absolute Gasteiger partial charge is 0.164 e. The number of hydrogen-bond acceptors (Lipinski definition) is 3. The van der Waals surface area contributed by atoms with Crippen LogP contribution in [-0.4, -0.2) is 15.0 Å². The average molecular weight is 690 g/mol. The molecule has 0 aliphatic carbocycles. The third-order valence-corrected chi connectivity index (χ3v) is 9.79. The Labute approximate surface area is 316 Å². The first-order valence-corrected chi connectivity index (χ1v) is 18.2. The molecule has 0 saturated heterocycles. The van der Waals surface area contributed by atoms with Gasteiger partial charge in [-0.25, -0.2) is 15.0 Å². The van der Waals surface area contributed by atoms with E-state index in [-0.39, 0.29) is 0 Å². The summed E-state index contributed by atoms with van der Waals surface area (Å²) in [6.45, 7) is 0. The van der Waals surface area contributed by atoms with Gasteiger partial charge in [0, 0.05) is 22.3 Å². The van der Waals surface area contributed by atoms with Crippen molar-refractivity contribution in [2.45, 2.75) is 0 Å². The van der Waals surface area contributed by atoms with E-state index >= 15 is 0 Å². The van der Waals surface area contributed by atoms with E-state index in [2.05, 4.69) is 200 Å². The molecule has 9 aromatic rings. The quantitative estimate of drug-likeness (QED) is 0.159. The highest BCUT2D eigenvalue weighted by atomic mass is 15.0. The molecule has 0 aliphatic rings. The number of aromatic nitrogens is 3. The largest absolute Gasteiger partial charge is 0.208 e. The lowest BCUT2D eigenvalue weighted by Gasteiger charge is -2.17. The van der Waals surface area contributed by atoms with E-state index in [0.717, 1.165) is 61.2 Å². The summed E-state index contributed by atoms with van der Waals surface area (Å²) < 4.78 is 0. The van der Waals surface area contributed by atoms with E-state index < -0.39 is 0 Å². The minimum atomic E-state index is 0.617. The maximum atomic E-state index is 5.33. The maximum Gasteiger partial charge on any atom is 0.164 e. The second-order valence-electron chi connectivity index (χ2n) is 13.2. The van der Waals surface area contributed by atoms with Crippen LogP contribution in [0.2, 0.25) is 0 Å². The zero-order chi connectivity index (χ0) is 36.1. The molecule has 0 bridgehead atoms. The van der Waals surface area contributed by atoms with Crippen LogP contribution >= 0.6 is 0 Å². The second kappa shape index (κ2) is 14.8. The Kier molecular flexibility index (Phi) is 8.94. The summed E-state index contributed by atoms with van der Waals surface area (Å²) >= 11 is 0. The molecular formula is C51H35N3. The fraction of sp³-hybridized carbons (Fsp3) is 0. The molecule has 3 nitrogen and oxygen atoms in total. The second-order valence-corrected chi connectivity index (χ2v) is 13.2. The van der Waals surface area contributed by atoms with Crippen LogP contribution in [0.3, 0.4) is 0 Å². The molecule has 3 heteroatoms. The molecule has 0 radical (unpaired) electrons. The van der Waals surface area contributed by atoms with Gasteiger partial charge in [-0.15, -0.1) is 0 Å². The van der Waals surface area contributed by atoms with Crippen molar-refractivity contribution in [2.75, 3.05) is 0 Å². The molecule has 9 rings (SSSR count). The van der Waals surface area contributed by atoms with Crippen LogP contribution in [0.4, 0.5) is 0 Å². The van der Waals surface area contributed by atoms with Crippen molar-refractivity contribution in [3.8, 4) is 89.8 Å². The van der Waals surface area contributed by atoms with Crippen molar-refractivity contribution >= 4 is 0 Å². The molecule has 0 unspecified atom stereocenters. The summed E-state index contributed by atoms with van der Waals surface area (Å²) in [6.07, 6.45) is 0. The lowest BCUT2D eigenvalue weighted by molar-refractivity contribution is 1.07.